The topological polar surface area (TPSA) is 64.3 Å². The Balaban J connectivity index is 2.60. The number of anilines is 1. The minimum Gasteiger partial charge on any atom is -0.444 e. The summed E-state index contributed by atoms with van der Waals surface area (Å²) in [5.41, 5.74) is 5.67. The van der Waals surface area contributed by atoms with Gasteiger partial charge in [0.25, 0.3) is 0 Å². The number of amides is 1. The number of halogens is 1. The number of alkyl carbamates (subject to hydrolysis) is 1. The van der Waals surface area contributed by atoms with Crippen LogP contribution in [0.3, 0.4) is 0 Å². The van der Waals surface area contributed by atoms with Gasteiger partial charge in [-0.05, 0) is 32.9 Å². The summed E-state index contributed by atoms with van der Waals surface area (Å²) in [6.07, 6.45) is -0.566. The molecule has 0 saturated carbocycles. The minimum absolute atomic E-state index is 0.0278. The first-order chi connectivity index (χ1) is 9.19. The Morgan fingerprint density at radius 3 is 2.75 bits per heavy atom. The molecule has 104 valence electrons. The van der Waals surface area contributed by atoms with Crippen LogP contribution in [0.2, 0.25) is 0 Å². The lowest BCUT2D eigenvalue weighted by Gasteiger charge is -2.19. The molecule has 1 amide bonds. The van der Waals surface area contributed by atoms with Crippen LogP contribution in [0.5, 0.6) is 0 Å². The molecule has 1 aromatic rings. The van der Waals surface area contributed by atoms with Crippen LogP contribution in [0.15, 0.2) is 12.1 Å². The van der Waals surface area contributed by atoms with Gasteiger partial charge in [0.15, 0.2) is 0 Å². The zero-order valence-electron chi connectivity index (χ0n) is 11.7. The Kier molecular flexibility index (Phi) is 5.03. The number of ether oxygens (including phenoxy) is 1. The van der Waals surface area contributed by atoms with Crippen molar-refractivity contribution in [2.45, 2.75) is 26.4 Å². The van der Waals surface area contributed by atoms with E-state index in [0.29, 0.717) is 5.56 Å². The average molecular weight is 274 g/mol. The molecule has 0 aliphatic rings. The van der Waals surface area contributed by atoms with E-state index >= 15 is 0 Å². The van der Waals surface area contributed by atoms with Gasteiger partial charge in [-0.2, -0.15) is 0 Å². The third-order valence-corrected chi connectivity index (χ3v) is 2.11. The normalized spacial score (nSPS) is 10.4. The molecule has 0 aromatic heterocycles. The molecule has 20 heavy (non-hydrogen) atoms. The number of hydrogen-bond acceptors (Lipinski definition) is 3. The molecule has 6 heteroatoms. The van der Waals surface area contributed by atoms with Crippen molar-refractivity contribution < 1.29 is 13.9 Å². The fourth-order valence-electron chi connectivity index (χ4n) is 1.29. The Hall–Kier alpha value is -2.16. The van der Waals surface area contributed by atoms with Gasteiger partial charge in [-0.3, -0.25) is 0 Å². The Morgan fingerprint density at radius 2 is 2.15 bits per heavy atom. The van der Waals surface area contributed by atoms with Gasteiger partial charge in [0.1, 0.15) is 19.3 Å². The Labute approximate surface area is 119 Å². The lowest BCUT2D eigenvalue weighted by Crippen LogP contribution is -2.32. The highest BCUT2D eigenvalue weighted by molar-refractivity contribution is 6.32. The van der Waals surface area contributed by atoms with Crippen molar-refractivity contribution in [3.05, 3.63) is 23.5 Å². The van der Waals surface area contributed by atoms with Gasteiger partial charge < -0.3 is 15.8 Å². The maximum atomic E-state index is 13.2. The molecule has 4 nitrogen and oxygen atoms in total. The Morgan fingerprint density at radius 1 is 1.50 bits per heavy atom. The number of benzene rings is 1. The van der Waals surface area contributed by atoms with Gasteiger partial charge in [-0.15, -0.1) is 0 Å². The number of carbonyl (C=O) groups is 1. The highest BCUT2D eigenvalue weighted by Gasteiger charge is 2.15. The molecular formula is C14H16BFN2O2. The summed E-state index contributed by atoms with van der Waals surface area (Å²) >= 11 is 0. The molecule has 0 fully saturated rings. The predicted molar refractivity (Wildman–Crippen MR) is 77.3 cm³/mol. The van der Waals surface area contributed by atoms with E-state index in [1.54, 1.807) is 20.8 Å². The van der Waals surface area contributed by atoms with Crippen LogP contribution in [0, 0.1) is 17.7 Å². The number of nitrogen functional groups attached to an aromatic ring is 1. The SMILES string of the molecule is [B]c1cc(N)c(C#CCNC(=O)OC(C)(C)C)cc1F. The molecular weight excluding hydrogens is 258 g/mol. The molecule has 3 N–H and O–H groups in total. The van der Waals surface area contributed by atoms with Crippen molar-refractivity contribution in [2.24, 2.45) is 0 Å². The first kappa shape index (κ1) is 15.9. The van der Waals surface area contributed by atoms with E-state index in [0.717, 1.165) is 6.07 Å². The third-order valence-electron chi connectivity index (χ3n) is 2.11. The average Bonchev–Trinajstić information content (AvgIpc) is 2.28. The van der Waals surface area contributed by atoms with Crippen molar-refractivity contribution in [3.8, 4) is 11.8 Å². The fourth-order valence-corrected chi connectivity index (χ4v) is 1.29. The van der Waals surface area contributed by atoms with Gasteiger partial charge >= 0.3 is 6.09 Å². The van der Waals surface area contributed by atoms with Gasteiger partial charge in [-0.25, -0.2) is 9.18 Å². The van der Waals surface area contributed by atoms with Gasteiger partial charge in [-0.1, -0.05) is 17.3 Å². The number of nitrogens with two attached hydrogens (primary N) is 1. The molecule has 1 aromatic carbocycles. The second-order valence-electron chi connectivity index (χ2n) is 5.12. The number of nitrogens with one attached hydrogen (secondary N) is 1. The van der Waals surface area contributed by atoms with Crippen LogP contribution in [0.25, 0.3) is 0 Å². The predicted octanol–water partition coefficient (Wildman–Crippen LogP) is 1.08. The van der Waals surface area contributed by atoms with Crippen molar-refractivity contribution in [1.29, 1.82) is 0 Å². The second kappa shape index (κ2) is 6.33. The minimum atomic E-state index is -0.580. The van der Waals surface area contributed by atoms with Crippen molar-refractivity contribution in [2.75, 3.05) is 12.3 Å². The van der Waals surface area contributed by atoms with Crippen molar-refractivity contribution in [3.63, 3.8) is 0 Å². The van der Waals surface area contributed by atoms with E-state index in [1.807, 2.05) is 0 Å². The largest absolute Gasteiger partial charge is 0.444 e. The van der Waals surface area contributed by atoms with E-state index < -0.39 is 17.5 Å². The second-order valence-corrected chi connectivity index (χ2v) is 5.12. The lowest BCUT2D eigenvalue weighted by atomic mass is 9.93. The molecule has 0 aliphatic carbocycles. The number of carbonyl (C=O) groups excluding carboxylic acids is 1. The molecule has 0 spiro atoms. The maximum absolute atomic E-state index is 13.2. The summed E-state index contributed by atoms with van der Waals surface area (Å²) in [6, 6.07) is 2.46. The Bertz CT molecular complexity index is 571. The third kappa shape index (κ3) is 5.23. The summed E-state index contributed by atoms with van der Waals surface area (Å²) in [5, 5.41) is 2.46. The van der Waals surface area contributed by atoms with Crippen LogP contribution in [-0.4, -0.2) is 26.1 Å². The highest BCUT2D eigenvalue weighted by atomic mass is 19.1. The van der Waals surface area contributed by atoms with E-state index in [-0.39, 0.29) is 17.7 Å². The molecule has 0 heterocycles. The first-order valence-corrected chi connectivity index (χ1v) is 5.99. The number of hydrogen-bond donors (Lipinski definition) is 2. The summed E-state index contributed by atoms with van der Waals surface area (Å²) in [4.78, 5) is 11.3. The van der Waals surface area contributed by atoms with Gasteiger partial charge in [0.2, 0.25) is 0 Å². The van der Waals surface area contributed by atoms with Gasteiger partial charge in [0.05, 0.1) is 12.1 Å². The maximum Gasteiger partial charge on any atom is 0.408 e. The summed E-state index contributed by atoms with van der Waals surface area (Å²) in [6.45, 7) is 5.35. The van der Waals surface area contributed by atoms with Crippen molar-refractivity contribution in [1.82, 2.24) is 5.32 Å². The van der Waals surface area contributed by atoms with Crippen LogP contribution in [-0.2, 0) is 4.74 Å². The molecule has 0 unspecified atom stereocenters. The monoisotopic (exact) mass is 274 g/mol. The summed E-state index contributed by atoms with van der Waals surface area (Å²) < 4.78 is 18.3. The number of rotatable bonds is 1. The van der Waals surface area contributed by atoms with E-state index in [9.17, 15) is 9.18 Å². The van der Waals surface area contributed by atoms with E-state index in [2.05, 4.69) is 17.2 Å². The van der Waals surface area contributed by atoms with Gasteiger partial charge in [0, 0.05) is 5.69 Å². The summed E-state index contributed by atoms with van der Waals surface area (Å²) in [7, 11) is 5.37. The molecule has 1 rings (SSSR count). The van der Waals surface area contributed by atoms with Crippen LogP contribution in [0.4, 0.5) is 14.9 Å². The van der Waals surface area contributed by atoms with Crippen LogP contribution >= 0.6 is 0 Å². The molecule has 0 bridgehead atoms. The van der Waals surface area contributed by atoms with Crippen LogP contribution in [0.1, 0.15) is 26.3 Å². The smallest absolute Gasteiger partial charge is 0.408 e. The molecule has 0 saturated heterocycles. The molecule has 2 radical (unpaired) electrons. The van der Waals surface area contributed by atoms with E-state index in [4.69, 9.17) is 18.3 Å². The van der Waals surface area contributed by atoms with E-state index in [1.165, 1.54) is 6.07 Å². The fraction of sp³-hybridized carbons (Fsp3) is 0.357. The zero-order chi connectivity index (χ0) is 15.3. The quantitative estimate of drug-likeness (QED) is 0.457. The molecule has 0 atom stereocenters. The zero-order valence-corrected chi connectivity index (χ0v) is 11.7. The van der Waals surface area contributed by atoms with Crippen LogP contribution < -0.4 is 16.5 Å². The standard InChI is InChI=1S/C14H16BFN2O2/c1-14(2,3)20-13(19)18-6-4-5-9-7-11(16)10(15)8-12(9)17/h7-8H,6,17H2,1-3H3,(H,18,19). The lowest BCUT2D eigenvalue weighted by molar-refractivity contribution is 0.0535. The first-order valence-electron chi connectivity index (χ1n) is 5.99. The highest BCUT2D eigenvalue weighted by Crippen LogP contribution is 2.09. The molecule has 0 aliphatic heterocycles. The van der Waals surface area contributed by atoms with Crippen molar-refractivity contribution >= 4 is 25.1 Å². The summed E-state index contributed by atoms with van der Waals surface area (Å²) in [5.74, 6) is 4.73.